The third kappa shape index (κ3) is 2.36. The van der Waals surface area contributed by atoms with Crippen LogP contribution in [0.2, 0.25) is 0 Å². The number of rotatable bonds is 2. The molecule has 0 aromatic rings. The summed E-state index contributed by atoms with van der Waals surface area (Å²) in [6.07, 6.45) is 8.75. The Labute approximate surface area is 70.7 Å². The molecule has 0 N–H and O–H groups in total. The Morgan fingerprint density at radius 3 is 2.18 bits per heavy atom. The highest BCUT2D eigenvalue weighted by atomic mass is 14.3. The van der Waals surface area contributed by atoms with Crippen LogP contribution in [0.15, 0.2) is 12.2 Å². The molecule has 0 amide bonds. The molecule has 64 valence electrons. The summed E-state index contributed by atoms with van der Waals surface area (Å²) in [5.41, 5.74) is 0. The Bertz CT molecular complexity index is 125. The first-order chi connectivity index (χ1) is 5.24. The Morgan fingerprint density at radius 2 is 1.73 bits per heavy atom. The highest BCUT2D eigenvalue weighted by Gasteiger charge is 2.25. The van der Waals surface area contributed by atoms with Crippen LogP contribution in [0.3, 0.4) is 0 Å². The van der Waals surface area contributed by atoms with Crippen LogP contribution < -0.4 is 0 Å². The third-order valence-electron chi connectivity index (χ3n) is 2.96. The van der Waals surface area contributed by atoms with Crippen LogP contribution in [-0.4, -0.2) is 0 Å². The Morgan fingerprint density at radius 1 is 1.18 bits per heavy atom. The molecule has 1 saturated carbocycles. The third-order valence-corrected chi connectivity index (χ3v) is 2.96. The maximum atomic E-state index is 2.42. The number of allylic oxidation sites excluding steroid dienone is 2. The van der Waals surface area contributed by atoms with E-state index in [-0.39, 0.29) is 0 Å². The zero-order valence-corrected chi connectivity index (χ0v) is 8.01. The predicted molar refractivity (Wildman–Crippen MR) is 50.5 cm³/mol. The second-order valence-corrected chi connectivity index (χ2v) is 4.02. The maximum Gasteiger partial charge on any atom is -0.0228 e. The van der Waals surface area contributed by atoms with Gasteiger partial charge < -0.3 is 0 Å². The van der Waals surface area contributed by atoms with Crippen LogP contribution >= 0.6 is 0 Å². The van der Waals surface area contributed by atoms with Crippen molar-refractivity contribution in [3.63, 3.8) is 0 Å². The van der Waals surface area contributed by atoms with E-state index in [1.165, 1.54) is 19.3 Å². The van der Waals surface area contributed by atoms with E-state index in [0.29, 0.717) is 0 Å². The predicted octanol–water partition coefficient (Wildman–Crippen LogP) is 3.63. The fourth-order valence-electron chi connectivity index (χ4n) is 2.00. The monoisotopic (exact) mass is 152 g/mol. The van der Waals surface area contributed by atoms with Crippen molar-refractivity contribution in [3.8, 4) is 0 Å². The zero-order chi connectivity index (χ0) is 8.27. The first-order valence-corrected chi connectivity index (χ1v) is 4.90. The second kappa shape index (κ2) is 3.94. The van der Waals surface area contributed by atoms with Gasteiger partial charge in [-0.15, -0.1) is 0 Å². The minimum Gasteiger partial charge on any atom is -0.0885 e. The summed E-state index contributed by atoms with van der Waals surface area (Å²) in [6.45, 7) is 6.97. The summed E-state index contributed by atoms with van der Waals surface area (Å²) in [5.74, 6) is 2.78. The fourth-order valence-corrected chi connectivity index (χ4v) is 2.00. The molecule has 0 heterocycles. The highest BCUT2D eigenvalue weighted by molar-refractivity contribution is 4.93. The van der Waals surface area contributed by atoms with E-state index in [4.69, 9.17) is 0 Å². The van der Waals surface area contributed by atoms with Crippen LogP contribution in [0.25, 0.3) is 0 Å². The van der Waals surface area contributed by atoms with E-state index in [1.54, 1.807) is 0 Å². The van der Waals surface area contributed by atoms with E-state index >= 15 is 0 Å². The van der Waals surface area contributed by atoms with Crippen molar-refractivity contribution in [2.24, 2.45) is 17.8 Å². The molecule has 1 aliphatic rings. The highest BCUT2D eigenvalue weighted by Crippen LogP contribution is 2.36. The molecule has 2 unspecified atom stereocenters. The average Bonchev–Trinajstić information content (AvgIpc) is 2.28. The second-order valence-electron chi connectivity index (χ2n) is 4.02. The molecule has 0 aromatic carbocycles. The molecular formula is C11H20. The SMILES string of the molecule is CC/C=C/C1CC(C)C(C)C1. The molecular weight excluding hydrogens is 132 g/mol. The van der Waals surface area contributed by atoms with Crippen LogP contribution in [0, 0.1) is 17.8 Å². The maximum absolute atomic E-state index is 2.42. The Kier molecular flexibility index (Phi) is 3.16. The van der Waals surface area contributed by atoms with Gasteiger partial charge in [0.25, 0.3) is 0 Å². The van der Waals surface area contributed by atoms with Crippen LogP contribution in [0.4, 0.5) is 0 Å². The Balaban J connectivity index is 2.35. The topological polar surface area (TPSA) is 0 Å². The molecule has 1 fully saturated rings. The molecule has 2 atom stereocenters. The Hall–Kier alpha value is -0.260. The van der Waals surface area contributed by atoms with Crippen LogP contribution in [-0.2, 0) is 0 Å². The van der Waals surface area contributed by atoms with Gasteiger partial charge in [0, 0.05) is 0 Å². The van der Waals surface area contributed by atoms with Crippen molar-refractivity contribution < 1.29 is 0 Å². The molecule has 1 aliphatic carbocycles. The summed E-state index contributed by atoms with van der Waals surface area (Å²) in [6, 6.07) is 0. The lowest BCUT2D eigenvalue weighted by Gasteiger charge is -2.04. The normalized spacial score (nSPS) is 38.6. The summed E-state index contributed by atoms with van der Waals surface area (Å²) in [7, 11) is 0. The van der Waals surface area contributed by atoms with Crippen molar-refractivity contribution in [1.29, 1.82) is 0 Å². The van der Waals surface area contributed by atoms with Gasteiger partial charge >= 0.3 is 0 Å². The van der Waals surface area contributed by atoms with Crippen molar-refractivity contribution in [1.82, 2.24) is 0 Å². The van der Waals surface area contributed by atoms with Gasteiger partial charge in [0.05, 0.1) is 0 Å². The minimum atomic E-state index is 0.889. The lowest BCUT2D eigenvalue weighted by molar-refractivity contribution is 0.457. The largest absolute Gasteiger partial charge is 0.0885 e. The number of hydrogen-bond acceptors (Lipinski definition) is 0. The van der Waals surface area contributed by atoms with Gasteiger partial charge in [0.15, 0.2) is 0 Å². The summed E-state index contributed by atoms with van der Waals surface area (Å²) in [5, 5.41) is 0. The van der Waals surface area contributed by atoms with E-state index < -0.39 is 0 Å². The van der Waals surface area contributed by atoms with Gasteiger partial charge in [-0.1, -0.05) is 32.9 Å². The van der Waals surface area contributed by atoms with E-state index in [9.17, 15) is 0 Å². The van der Waals surface area contributed by atoms with Crippen molar-refractivity contribution in [2.75, 3.05) is 0 Å². The molecule has 0 nitrogen and oxygen atoms in total. The molecule has 0 saturated heterocycles. The molecule has 0 aromatic heterocycles. The van der Waals surface area contributed by atoms with Gasteiger partial charge in [0.1, 0.15) is 0 Å². The summed E-state index contributed by atoms with van der Waals surface area (Å²) < 4.78 is 0. The minimum absolute atomic E-state index is 0.889. The molecule has 0 radical (unpaired) electrons. The van der Waals surface area contributed by atoms with Gasteiger partial charge in [-0.2, -0.15) is 0 Å². The molecule has 0 bridgehead atoms. The molecule has 0 heteroatoms. The molecule has 0 aliphatic heterocycles. The zero-order valence-electron chi connectivity index (χ0n) is 8.01. The van der Waals surface area contributed by atoms with Crippen molar-refractivity contribution in [2.45, 2.75) is 40.0 Å². The van der Waals surface area contributed by atoms with E-state index in [0.717, 1.165) is 17.8 Å². The smallest absolute Gasteiger partial charge is 0.0228 e. The first kappa shape index (κ1) is 8.83. The fraction of sp³-hybridized carbons (Fsp3) is 0.818. The number of hydrogen-bond donors (Lipinski definition) is 0. The standard InChI is InChI=1S/C11H20/c1-4-5-6-11-7-9(2)10(3)8-11/h5-6,9-11H,4,7-8H2,1-3H3/b6-5+. The lowest BCUT2D eigenvalue weighted by Crippen LogP contribution is -1.95. The van der Waals surface area contributed by atoms with Crippen LogP contribution in [0.1, 0.15) is 40.0 Å². The van der Waals surface area contributed by atoms with Gasteiger partial charge in [-0.25, -0.2) is 0 Å². The summed E-state index contributed by atoms with van der Waals surface area (Å²) in [4.78, 5) is 0. The lowest BCUT2D eigenvalue weighted by atomic mass is 10.0. The van der Waals surface area contributed by atoms with Crippen LogP contribution in [0.5, 0.6) is 0 Å². The van der Waals surface area contributed by atoms with E-state index in [1.807, 2.05) is 0 Å². The average molecular weight is 152 g/mol. The van der Waals surface area contributed by atoms with Crippen molar-refractivity contribution in [3.05, 3.63) is 12.2 Å². The molecule has 0 spiro atoms. The first-order valence-electron chi connectivity index (χ1n) is 4.90. The summed E-state index contributed by atoms with van der Waals surface area (Å²) >= 11 is 0. The quantitative estimate of drug-likeness (QED) is 0.530. The van der Waals surface area contributed by atoms with E-state index in [2.05, 4.69) is 32.9 Å². The molecule has 1 rings (SSSR count). The van der Waals surface area contributed by atoms with Crippen molar-refractivity contribution >= 4 is 0 Å². The van der Waals surface area contributed by atoms with Gasteiger partial charge in [-0.05, 0) is 37.0 Å². The van der Waals surface area contributed by atoms with Gasteiger partial charge in [-0.3, -0.25) is 0 Å². The molecule has 11 heavy (non-hydrogen) atoms. The van der Waals surface area contributed by atoms with Gasteiger partial charge in [0.2, 0.25) is 0 Å².